The summed E-state index contributed by atoms with van der Waals surface area (Å²) in [5, 5.41) is 6.22. The highest BCUT2D eigenvalue weighted by atomic mass is 32.1. The first-order valence-electron chi connectivity index (χ1n) is 6.04. The van der Waals surface area contributed by atoms with Crippen molar-refractivity contribution in [3.8, 4) is 6.01 Å². The van der Waals surface area contributed by atoms with Gasteiger partial charge in [0.25, 0.3) is 0 Å². The van der Waals surface area contributed by atoms with Gasteiger partial charge in [-0.15, -0.1) is 11.3 Å². The molecular formula is C12H17N5OS. The van der Waals surface area contributed by atoms with Gasteiger partial charge >= 0.3 is 6.01 Å². The Kier molecular flexibility index (Phi) is 4.51. The average Bonchev–Trinajstić information content (AvgIpc) is 2.82. The van der Waals surface area contributed by atoms with Gasteiger partial charge in [-0.3, -0.25) is 0 Å². The Morgan fingerprint density at radius 3 is 2.47 bits per heavy atom. The third kappa shape index (κ3) is 3.78. The van der Waals surface area contributed by atoms with E-state index < -0.39 is 0 Å². The summed E-state index contributed by atoms with van der Waals surface area (Å²) in [6.45, 7) is 5.51. The van der Waals surface area contributed by atoms with Crippen molar-refractivity contribution in [2.45, 2.75) is 20.4 Å². The number of nitrogens with one attached hydrogen (secondary N) is 2. The van der Waals surface area contributed by atoms with E-state index in [2.05, 4.69) is 44.6 Å². The van der Waals surface area contributed by atoms with Crippen molar-refractivity contribution in [1.82, 2.24) is 15.0 Å². The zero-order chi connectivity index (χ0) is 13.7. The van der Waals surface area contributed by atoms with Crippen molar-refractivity contribution in [2.24, 2.45) is 0 Å². The van der Waals surface area contributed by atoms with Crippen LogP contribution in [0.1, 0.15) is 16.7 Å². The fourth-order valence-electron chi connectivity index (χ4n) is 1.51. The Labute approximate surface area is 116 Å². The van der Waals surface area contributed by atoms with Gasteiger partial charge in [0.15, 0.2) is 0 Å². The highest BCUT2D eigenvalue weighted by molar-refractivity contribution is 7.11. The van der Waals surface area contributed by atoms with Crippen LogP contribution in [0.4, 0.5) is 11.9 Å². The molecule has 2 aromatic rings. The number of nitrogens with zero attached hydrogens (tertiary/aromatic N) is 3. The standard InChI is InChI=1S/C12H17N5OS/c1-4-13-10-15-11(17-12(16-10)18-3)14-7-9-6-5-8(2)19-9/h5-6H,4,7H2,1-3H3,(H2,13,14,15,16,17). The lowest BCUT2D eigenvalue weighted by Gasteiger charge is -2.07. The molecular weight excluding hydrogens is 262 g/mol. The summed E-state index contributed by atoms with van der Waals surface area (Å²) in [6, 6.07) is 4.49. The van der Waals surface area contributed by atoms with Crippen LogP contribution < -0.4 is 15.4 Å². The Morgan fingerprint density at radius 2 is 1.89 bits per heavy atom. The van der Waals surface area contributed by atoms with Crippen molar-refractivity contribution in [2.75, 3.05) is 24.3 Å². The molecule has 0 spiro atoms. The number of rotatable bonds is 6. The first-order chi connectivity index (χ1) is 9.21. The molecule has 0 radical (unpaired) electrons. The average molecular weight is 279 g/mol. The van der Waals surface area contributed by atoms with Gasteiger partial charge < -0.3 is 15.4 Å². The molecule has 0 unspecified atom stereocenters. The molecule has 2 heterocycles. The maximum absolute atomic E-state index is 5.06. The van der Waals surface area contributed by atoms with Gasteiger partial charge in [-0.1, -0.05) is 0 Å². The highest BCUT2D eigenvalue weighted by Gasteiger charge is 2.06. The lowest BCUT2D eigenvalue weighted by atomic mass is 10.4. The first-order valence-corrected chi connectivity index (χ1v) is 6.86. The minimum atomic E-state index is 0.302. The maximum atomic E-state index is 5.06. The predicted molar refractivity (Wildman–Crippen MR) is 76.9 cm³/mol. The number of anilines is 2. The second-order valence-corrected chi connectivity index (χ2v) is 5.24. The Bertz CT molecular complexity index is 543. The molecule has 2 aromatic heterocycles. The van der Waals surface area contributed by atoms with E-state index in [1.165, 1.54) is 16.9 Å². The number of ether oxygens (including phenoxy) is 1. The van der Waals surface area contributed by atoms with Crippen molar-refractivity contribution in [3.63, 3.8) is 0 Å². The van der Waals surface area contributed by atoms with E-state index in [9.17, 15) is 0 Å². The van der Waals surface area contributed by atoms with Gasteiger partial charge in [-0.2, -0.15) is 15.0 Å². The van der Waals surface area contributed by atoms with Crippen molar-refractivity contribution in [3.05, 3.63) is 21.9 Å². The molecule has 0 aliphatic carbocycles. The summed E-state index contributed by atoms with van der Waals surface area (Å²) in [5.41, 5.74) is 0. The molecule has 2 rings (SSSR count). The monoisotopic (exact) mass is 279 g/mol. The second kappa shape index (κ2) is 6.33. The number of hydrogen-bond donors (Lipinski definition) is 2. The van der Waals surface area contributed by atoms with Crippen LogP contribution in [0.5, 0.6) is 6.01 Å². The molecule has 0 aromatic carbocycles. The third-order valence-electron chi connectivity index (χ3n) is 2.35. The van der Waals surface area contributed by atoms with Crippen molar-refractivity contribution < 1.29 is 4.74 Å². The lowest BCUT2D eigenvalue weighted by molar-refractivity contribution is 0.379. The van der Waals surface area contributed by atoms with E-state index in [1.54, 1.807) is 11.3 Å². The molecule has 7 heteroatoms. The van der Waals surface area contributed by atoms with Crippen LogP contribution in [0, 0.1) is 6.92 Å². The van der Waals surface area contributed by atoms with E-state index in [0.29, 0.717) is 24.5 Å². The fraction of sp³-hybridized carbons (Fsp3) is 0.417. The van der Waals surface area contributed by atoms with Crippen LogP contribution in [0.3, 0.4) is 0 Å². The first kappa shape index (κ1) is 13.5. The topological polar surface area (TPSA) is 72.0 Å². The Hall–Kier alpha value is -1.89. The minimum absolute atomic E-state index is 0.302. The quantitative estimate of drug-likeness (QED) is 0.845. The van der Waals surface area contributed by atoms with Gasteiger partial charge in [0, 0.05) is 16.3 Å². The third-order valence-corrected chi connectivity index (χ3v) is 3.35. The molecule has 0 saturated carbocycles. The van der Waals surface area contributed by atoms with Crippen LogP contribution in [0.15, 0.2) is 12.1 Å². The molecule has 0 amide bonds. The van der Waals surface area contributed by atoms with Crippen LogP contribution in [-0.2, 0) is 6.54 Å². The molecule has 6 nitrogen and oxygen atoms in total. The van der Waals surface area contributed by atoms with Gasteiger partial charge in [-0.05, 0) is 26.0 Å². The Balaban J connectivity index is 2.08. The van der Waals surface area contributed by atoms with Crippen LogP contribution in [0.2, 0.25) is 0 Å². The molecule has 0 fully saturated rings. The summed E-state index contributed by atoms with van der Waals surface area (Å²) in [6.07, 6.45) is 0. The van der Waals surface area contributed by atoms with Crippen molar-refractivity contribution in [1.29, 1.82) is 0 Å². The molecule has 2 N–H and O–H groups in total. The molecule has 102 valence electrons. The lowest BCUT2D eigenvalue weighted by Crippen LogP contribution is -2.09. The van der Waals surface area contributed by atoms with Gasteiger partial charge in [0.05, 0.1) is 13.7 Å². The van der Waals surface area contributed by atoms with E-state index in [4.69, 9.17) is 4.74 Å². The normalized spacial score (nSPS) is 10.3. The summed E-state index contributed by atoms with van der Waals surface area (Å²) in [5.74, 6) is 1.02. The van der Waals surface area contributed by atoms with E-state index in [1.807, 2.05) is 6.92 Å². The smallest absolute Gasteiger partial charge is 0.322 e. The number of thiophene rings is 1. The maximum Gasteiger partial charge on any atom is 0.322 e. The van der Waals surface area contributed by atoms with E-state index >= 15 is 0 Å². The zero-order valence-electron chi connectivity index (χ0n) is 11.2. The molecule has 0 bridgehead atoms. The number of hydrogen-bond acceptors (Lipinski definition) is 7. The van der Waals surface area contributed by atoms with E-state index in [0.717, 1.165) is 6.54 Å². The molecule has 0 aliphatic rings. The summed E-state index contributed by atoms with van der Waals surface area (Å²) >= 11 is 1.75. The predicted octanol–water partition coefficient (Wildman–Crippen LogP) is 2.29. The summed E-state index contributed by atoms with van der Waals surface area (Å²) in [4.78, 5) is 15.1. The molecule has 0 saturated heterocycles. The molecule has 0 aliphatic heterocycles. The van der Waals surface area contributed by atoms with Crippen molar-refractivity contribution >= 4 is 23.2 Å². The number of aryl methyl sites for hydroxylation is 1. The SMILES string of the molecule is CCNc1nc(NCc2ccc(C)s2)nc(OC)n1. The van der Waals surface area contributed by atoms with Crippen LogP contribution in [0.25, 0.3) is 0 Å². The van der Waals surface area contributed by atoms with Crippen LogP contribution >= 0.6 is 11.3 Å². The highest BCUT2D eigenvalue weighted by Crippen LogP contribution is 2.17. The number of aromatic nitrogens is 3. The fourth-order valence-corrected chi connectivity index (χ4v) is 2.34. The van der Waals surface area contributed by atoms with Gasteiger partial charge in [-0.25, -0.2) is 0 Å². The van der Waals surface area contributed by atoms with E-state index in [-0.39, 0.29) is 0 Å². The molecule has 0 atom stereocenters. The van der Waals surface area contributed by atoms with Gasteiger partial charge in [0.1, 0.15) is 0 Å². The number of methoxy groups -OCH3 is 1. The van der Waals surface area contributed by atoms with Gasteiger partial charge in [0.2, 0.25) is 11.9 Å². The second-order valence-electron chi connectivity index (χ2n) is 3.87. The summed E-state index contributed by atoms with van der Waals surface area (Å²) in [7, 11) is 1.54. The zero-order valence-corrected chi connectivity index (χ0v) is 12.0. The summed E-state index contributed by atoms with van der Waals surface area (Å²) < 4.78 is 5.06. The van der Waals surface area contributed by atoms with Crippen LogP contribution in [-0.4, -0.2) is 28.6 Å². The Morgan fingerprint density at radius 1 is 1.16 bits per heavy atom. The largest absolute Gasteiger partial charge is 0.467 e. The minimum Gasteiger partial charge on any atom is -0.467 e. The molecule has 19 heavy (non-hydrogen) atoms.